The number of hydrogen-bond acceptors (Lipinski definition) is 6. The Morgan fingerprint density at radius 3 is 2.94 bits per heavy atom. The van der Waals surface area contributed by atoms with Gasteiger partial charge in [0, 0.05) is 12.4 Å². The van der Waals surface area contributed by atoms with Gasteiger partial charge in [0.15, 0.2) is 0 Å². The molecule has 2 aromatic heterocycles. The predicted molar refractivity (Wildman–Crippen MR) is 59.5 cm³/mol. The second kappa shape index (κ2) is 5.64. The fraction of sp³-hybridized carbons (Fsp3) is 0.182. The number of carbonyl (C=O) groups is 1. The molecule has 2 heterocycles. The summed E-state index contributed by atoms with van der Waals surface area (Å²) < 4.78 is 9.77. The van der Waals surface area contributed by atoms with Crippen LogP contribution in [0.5, 0.6) is 0 Å². The quantitative estimate of drug-likeness (QED) is 0.620. The van der Waals surface area contributed by atoms with Crippen LogP contribution in [-0.2, 0) is 4.74 Å². The van der Waals surface area contributed by atoms with E-state index < -0.39 is 5.97 Å². The molecule has 6 nitrogen and oxygen atoms in total. The van der Waals surface area contributed by atoms with Crippen LogP contribution in [0.4, 0.5) is 5.95 Å². The molecule has 0 saturated carbocycles. The maximum absolute atomic E-state index is 11.4. The molecule has 0 spiro atoms. The minimum absolute atomic E-state index is 0.238. The van der Waals surface area contributed by atoms with Gasteiger partial charge in [-0.1, -0.05) is 0 Å². The van der Waals surface area contributed by atoms with Gasteiger partial charge in [-0.2, -0.15) is 0 Å². The molecule has 2 rings (SSSR count). The molecule has 0 fully saturated rings. The van der Waals surface area contributed by atoms with Gasteiger partial charge in [0.25, 0.3) is 0 Å². The van der Waals surface area contributed by atoms with Gasteiger partial charge in [0.2, 0.25) is 5.95 Å². The maximum Gasteiger partial charge on any atom is 0.341 e. The number of anilines is 1. The molecule has 6 heteroatoms. The third-order valence-corrected chi connectivity index (χ3v) is 1.94. The molecule has 0 saturated heterocycles. The van der Waals surface area contributed by atoms with Crippen molar-refractivity contribution in [2.75, 3.05) is 18.5 Å². The summed E-state index contributed by atoms with van der Waals surface area (Å²) in [6.45, 7) is 0.690. The van der Waals surface area contributed by atoms with Crippen LogP contribution in [0.15, 0.2) is 41.5 Å². The number of rotatable bonds is 5. The van der Waals surface area contributed by atoms with Crippen molar-refractivity contribution in [2.45, 2.75) is 0 Å². The Hall–Kier alpha value is -2.37. The van der Waals surface area contributed by atoms with Crippen molar-refractivity contribution in [3.8, 4) is 0 Å². The van der Waals surface area contributed by atoms with Crippen LogP contribution < -0.4 is 5.32 Å². The van der Waals surface area contributed by atoms with E-state index in [1.807, 2.05) is 0 Å². The summed E-state index contributed by atoms with van der Waals surface area (Å²) in [5.41, 5.74) is 0.404. The normalized spacial score (nSPS) is 9.88. The largest absolute Gasteiger partial charge is 0.472 e. The van der Waals surface area contributed by atoms with Crippen LogP contribution in [-0.4, -0.2) is 29.1 Å². The molecule has 17 heavy (non-hydrogen) atoms. The molecule has 0 unspecified atom stereocenters. The summed E-state index contributed by atoms with van der Waals surface area (Å²) in [6.07, 6.45) is 6.03. The summed E-state index contributed by atoms with van der Waals surface area (Å²) in [4.78, 5) is 19.3. The first-order chi connectivity index (χ1) is 8.36. The Kier molecular flexibility index (Phi) is 3.69. The topological polar surface area (TPSA) is 77.2 Å². The van der Waals surface area contributed by atoms with Gasteiger partial charge in [-0.05, 0) is 12.1 Å². The third-order valence-electron chi connectivity index (χ3n) is 1.94. The highest BCUT2D eigenvalue weighted by Crippen LogP contribution is 2.02. The van der Waals surface area contributed by atoms with Crippen molar-refractivity contribution in [1.82, 2.24) is 9.97 Å². The molecule has 1 N–H and O–H groups in total. The Morgan fingerprint density at radius 1 is 1.41 bits per heavy atom. The first-order valence-corrected chi connectivity index (χ1v) is 5.06. The molecule has 0 radical (unpaired) electrons. The van der Waals surface area contributed by atoms with Gasteiger partial charge in [0.1, 0.15) is 12.9 Å². The second-order valence-corrected chi connectivity index (χ2v) is 3.15. The molecular formula is C11H11N3O3. The predicted octanol–water partition coefficient (Wildman–Crippen LogP) is 1.34. The van der Waals surface area contributed by atoms with E-state index in [0.29, 0.717) is 18.1 Å². The summed E-state index contributed by atoms with van der Waals surface area (Å²) in [7, 11) is 0. The second-order valence-electron chi connectivity index (χ2n) is 3.15. The van der Waals surface area contributed by atoms with Crippen molar-refractivity contribution >= 4 is 11.9 Å². The molecule has 0 aromatic carbocycles. The zero-order valence-electron chi connectivity index (χ0n) is 9.00. The van der Waals surface area contributed by atoms with Crippen molar-refractivity contribution in [2.24, 2.45) is 0 Å². The summed E-state index contributed by atoms with van der Waals surface area (Å²) in [5, 5.41) is 2.92. The lowest BCUT2D eigenvalue weighted by atomic mass is 10.3. The summed E-state index contributed by atoms with van der Waals surface area (Å²) >= 11 is 0. The van der Waals surface area contributed by atoms with E-state index in [2.05, 4.69) is 15.3 Å². The molecule has 0 aliphatic rings. The van der Waals surface area contributed by atoms with Gasteiger partial charge >= 0.3 is 5.97 Å². The molecule has 0 amide bonds. The van der Waals surface area contributed by atoms with Crippen LogP contribution in [0.1, 0.15) is 10.4 Å². The van der Waals surface area contributed by atoms with E-state index in [4.69, 9.17) is 9.15 Å². The Morgan fingerprint density at radius 2 is 2.24 bits per heavy atom. The number of carbonyl (C=O) groups excluding carboxylic acids is 1. The first-order valence-electron chi connectivity index (χ1n) is 5.06. The monoisotopic (exact) mass is 233 g/mol. The van der Waals surface area contributed by atoms with E-state index in [-0.39, 0.29) is 6.61 Å². The minimum Gasteiger partial charge on any atom is -0.472 e. The van der Waals surface area contributed by atoms with Crippen molar-refractivity contribution in [3.63, 3.8) is 0 Å². The van der Waals surface area contributed by atoms with Gasteiger partial charge in [-0.3, -0.25) is 0 Å². The fourth-order valence-corrected chi connectivity index (χ4v) is 1.16. The molecule has 0 atom stereocenters. The van der Waals surface area contributed by atoms with Crippen LogP contribution in [0.25, 0.3) is 0 Å². The zero-order valence-corrected chi connectivity index (χ0v) is 9.00. The molecule has 0 bridgehead atoms. The molecule has 0 aliphatic heterocycles. The standard InChI is InChI=1S/C11H11N3O3/c15-10(9-2-6-16-8-9)17-7-5-14-11-12-3-1-4-13-11/h1-4,6,8H,5,7H2,(H,12,13,14). The molecule has 88 valence electrons. The highest BCUT2D eigenvalue weighted by Gasteiger charge is 2.07. The molecular weight excluding hydrogens is 222 g/mol. The van der Waals surface area contributed by atoms with Crippen LogP contribution >= 0.6 is 0 Å². The van der Waals surface area contributed by atoms with E-state index in [9.17, 15) is 4.79 Å². The SMILES string of the molecule is O=C(OCCNc1ncccn1)c1ccoc1. The van der Waals surface area contributed by atoms with Crippen molar-refractivity contribution < 1.29 is 13.9 Å². The van der Waals surface area contributed by atoms with E-state index in [0.717, 1.165) is 0 Å². The Labute approximate surface area is 97.6 Å². The fourth-order valence-electron chi connectivity index (χ4n) is 1.16. The molecule has 0 aliphatic carbocycles. The van der Waals surface area contributed by atoms with Gasteiger partial charge in [-0.25, -0.2) is 14.8 Å². The van der Waals surface area contributed by atoms with Gasteiger partial charge in [0.05, 0.1) is 18.4 Å². The van der Waals surface area contributed by atoms with E-state index >= 15 is 0 Å². The highest BCUT2D eigenvalue weighted by atomic mass is 16.5. The zero-order chi connectivity index (χ0) is 11.9. The van der Waals surface area contributed by atoms with Crippen molar-refractivity contribution in [3.05, 3.63) is 42.6 Å². The van der Waals surface area contributed by atoms with Crippen LogP contribution in [0.2, 0.25) is 0 Å². The number of hydrogen-bond donors (Lipinski definition) is 1. The Bertz CT molecular complexity index is 456. The number of nitrogens with zero attached hydrogens (tertiary/aromatic N) is 2. The van der Waals surface area contributed by atoms with E-state index in [1.165, 1.54) is 12.5 Å². The number of nitrogens with one attached hydrogen (secondary N) is 1. The lowest BCUT2D eigenvalue weighted by Crippen LogP contribution is -2.14. The number of furan rings is 1. The average molecular weight is 233 g/mol. The van der Waals surface area contributed by atoms with Gasteiger partial charge in [-0.15, -0.1) is 0 Å². The maximum atomic E-state index is 11.4. The smallest absolute Gasteiger partial charge is 0.341 e. The van der Waals surface area contributed by atoms with Crippen LogP contribution in [0.3, 0.4) is 0 Å². The highest BCUT2D eigenvalue weighted by molar-refractivity contribution is 5.88. The van der Waals surface area contributed by atoms with Crippen molar-refractivity contribution in [1.29, 1.82) is 0 Å². The number of aromatic nitrogens is 2. The Balaban J connectivity index is 1.69. The first kappa shape index (κ1) is 11.1. The van der Waals surface area contributed by atoms with E-state index in [1.54, 1.807) is 24.5 Å². The van der Waals surface area contributed by atoms with Crippen LogP contribution in [0, 0.1) is 0 Å². The van der Waals surface area contributed by atoms with Gasteiger partial charge < -0.3 is 14.5 Å². The third kappa shape index (κ3) is 3.30. The number of esters is 1. The average Bonchev–Trinajstić information content (AvgIpc) is 2.89. The summed E-state index contributed by atoms with van der Waals surface area (Å²) in [6, 6.07) is 3.28. The lowest BCUT2D eigenvalue weighted by Gasteiger charge is -2.04. The molecule has 2 aromatic rings. The summed E-state index contributed by atoms with van der Waals surface area (Å²) in [5.74, 6) is 0.0985. The minimum atomic E-state index is -0.408. The number of ether oxygens (including phenoxy) is 1. The lowest BCUT2D eigenvalue weighted by molar-refractivity contribution is 0.0519.